The van der Waals surface area contributed by atoms with Gasteiger partial charge in [0.05, 0.1) is 29.9 Å². The van der Waals surface area contributed by atoms with Gasteiger partial charge in [-0.3, -0.25) is 9.69 Å². The predicted octanol–water partition coefficient (Wildman–Crippen LogP) is 6.84. The number of thioether (sulfide) groups is 1. The van der Waals surface area contributed by atoms with E-state index in [1.54, 1.807) is 31.3 Å². The summed E-state index contributed by atoms with van der Waals surface area (Å²) < 4.78 is 16.8. The Morgan fingerprint density at radius 2 is 1.73 bits per heavy atom. The summed E-state index contributed by atoms with van der Waals surface area (Å²) in [5.74, 6) is 0.685. The van der Waals surface area contributed by atoms with E-state index in [1.165, 1.54) is 29.2 Å². The first-order chi connectivity index (χ1) is 19.5. The molecule has 8 heteroatoms. The number of amidine groups is 1. The summed E-state index contributed by atoms with van der Waals surface area (Å²) >= 11 is 1.29. The molecule has 1 aliphatic heterocycles. The molecule has 5 rings (SSSR count). The first-order valence-corrected chi connectivity index (χ1v) is 13.6. The maximum atomic E-state index is 13.0. The molecule has 0 atom stereocenters. The third-order valence-electron chi connectivity index (χ3n) is 6.35. The van der Waals surface area contributed by atoms with Crippen LogP contribution in [0.4, 0.5) is 5.69 Å². The lowest BCUT2D eigenvalue weighted by atomic mass is 10.1. The number of hydrogen-bond donors (Lipinski definition) is 0. The SMILES string of the molecule is CCOc1cc(/C=C2\SC(=Nc3ccc(C(=O)OC)cc3)N(C)C2=O)ccc1OCc1cccc2ccccc12. The minimum absolute atomic E-state index is 0.149. The average Bonchev–Trinajstić information content (AvgIpc) is 3.24. The second kappa shape index (κ2) is 12.1. The Bertz CT molecular complexity index is 1620. The zero-order valence-electron chi connectivity index (χ0n) is 22.4. The number of amides is 1. The lowest BCUT2D eigenvalue weighted by Crippen LogP contribution is -2.23. The van der Waals surface area contributed by atoms with Gasteiger partial charge in [-0.05, 0) is 83.1 Å². The second-order valence-electron chi connectivity index (χ2n) is 8.97. The van der Waals surface area contributed by atoms with Crippen molar-refractivity contribution in [2.75, 3.05) is 20.8 Å². The van der Waals surface area contributed by atoms with E-state index >= 15 is 0 Å². The molecule has 0 unspecified atom stereocenters. The van der Waals surface area contributed by atoms with Gasteiger partial charge in [0.1, 0.15) is 6.61 Å². The largest absolute Gasteiger partial charge is 0.490 e. The maximum absolute atomic E-state index is 13.0. The molecule has 0 radical (unpaired) electrons. The average molecular weight is 553 g/mol. The number of ether oxygens (including phenoxy) is 3. The standard InChI is InChI=1S/C32H28N2O5S/c1-4-38-28-18-21(12-17-27(28)39-20-24-10-7-9-22-8-5-6-11-26(22)24)19-29-30(35)34(2)32(40-29)33-25-15-13-23(14-16-25)31(36)37-3/h5-19H,4,20H2,1-3H3/b29-19-,33-32?. The summed E-state index contributed by atoms with van der Waals surface area (Å²) in [5, 5.41) is 2.87. The molecular weight excluding hydrogens is 524 g/mol. The number of benzene rings is 4. The number of carbonyl (C=O) groups excluding carboxylic acids is 2. The van der Waals surface area contributed by atoms with Crippen molar-refractivity contribution in [2.45, 2.75) is 13.5 Å². The van der Waals surface area contributed by atoms with Gasteiger partial charge in [-0.15, -0.1) is 0 Å². The van der Waals surface area contributed by atoms with Gasteiger partial charge in [0.2, 0.25) is 0 Å². The third-order valence-corrected chi connectivity index (χ3v) is 7.41. The lowest BCUT2D eigenvalue weighted by molar-refractivity contribution is -0.121. The molecule has 7 nitrogen and oxygen atoms in total. The predicted molar refractivity (Wildman–Crippen MR) is 159 cm³/mol. The number of fused-ring (bicyclic) bond motifs is 1. The molecule has 1 saturated heterocycles. The molecule has 0 N–H and O–H groups in total. The highest BCUT2D eigenvalue weighted by atomic mass is 32.2. The van der Waals surface area contributed by atoms with E-state index in [0.29, 0.717) is 46.0 Å². The Morgan fingerprint density at radius 1 is 0.950 bits per heavy atom. The van der Waals surface area contributed by atoms with Gasteiger partial charge in [-0.1, -0.05) is 48.5 Å². The fourth-order valence-electron chi connectivity index (χ4n) is 4.28. The molecule has 0 bridgehead atoms. The van der Waals surface area contributed by atoms with Crippen LogP contribution in [0.15, 0.2) is 94.8 Å². The van der Waals surface area contributed by atoms with Crippen molar-refractivity contribution in [3.05, 3.63) is 107 Å². The number of carbonyl (C=O) groups is 2. The molecule has 1 aliphatic rings. The fourth-order valence-corrected chi connectivity index (χ4v) is 5.27. The maximum Gasteiger partial charge on any atom is 0.337 e. The van der Waals surface area contributed by atoms with Crippen LogP contribution in [0.25, 0.3) is 16.8 Å². The fraction of sp³-hybridized carbons (Fsp3) is 0.156. The van der Waals surface area contributed by atoms with Crippen molar-refractivity contribution in [1.29, 1.82) is 0 Å². The van der Waals surface area contributed by atoms with E-state index in [4.69, 9.17) is 14.2 Å². The Balaban J connectivity index is 1.34. The van der Waals surface area contributed by atoms with Gasteiger partial charge in [0.25, 0.3) is 5.91 Å². The van der Waals surface area contributed by atoms with Crippen LogP contribution in [0, 0.1) is 0 Å². The monoisotopic (exact) mass is 552 g/mol. The minimum atomic E-state index is -0.414. The van der Waals surface area contributed by atoms with Crippen LogP contribution in [0.2, 0.25) is 0 Å². The van der Waals surface area contributed by atoms with Crippen LogP contribution in [-0.4, -0.2) is 42.7 Å². The van der Waals surface area contributed by atoms with E-state index in [0.717, 1.165) is 16.5 Å². The van der Waals surface area contributed by atoms with Crippen molar-refractivity contribution < 1.29 is 23.8 Å². The Labute approximate surface area is 237 Å². The Kier molecular flexibility index (Phi) is 8.17. The van der Waals surface area contributed by atoms with Gasteiger partial charge >= 0.3 is 5.97 Å². The van der Waals surface area contributed by atoms with E-state index in [9.17, 15) is 9.59 Å². The van der Waals surface area contributed by atoms with Crippen LogP contribution < -0.4 is 9.47 Å². The molecule has 4 aromatic rings. The molecule has 1 heterocycles. The zero-order chi connectivity index (χ0) is 28.1. The first-order valence-electron chi connectivity index (χ1n) is 12.8. The third kappa shape index (κ3) is 5.87. The van der Waals surface area contributed by atoms with Gasteiger partial charge in [0, 0.05) is 7.05 Å². The van der Waals surface area contributed by atoms with Gasteiger partial charge in [-0.25, -0.2) is 9.79 Å². The second-order valence-corrected chi connectivity index (χ2v) is 9.98. The number of aliphatic imine (C=N–C) groups is 1. The molecule has 0 aliphatic carbocycles. The molecular formula is C32H28N2O5S. The number of methoxy groups -OCH3 is 1. The molecule has 1 amide bonds. The first kappa shape index (κ1) is 27.0. The molecule has 0 saturated carbocycles. The minimum Gasteiger partial charge on any atom is -0.490 e. The molecule has 202 valence electrons. The smallest absolute Gasteiger partial charge is 0.337 e. The number of likely N-dealkylation sites (N-methyl/N-ethyl adjacent to an activating group) is 1. The number of rotatable bonds is 8. The summed E-state index contributed by atoms with van der Waals surface area (Å²) in [5.41, 5.74) is 2.97. The molecule has 0 spiro atoms. The topological polar surface area (TPSA) is 77.4 Å². The highest BCUT2D eigenvalue weighted by molar-refractivity contribution is 8.18. The van der Waals surface area contributed by atoms with E-state index in [2.05, 4.69) is 29.3 Å². The lowest BCUT2D eigenvalue weighted by Gasteiger charge is -2.14. The van der Waals surface area contributed by atoms with Crippen molar-refractivity contribution in [3.63, 3.8) is 0 Å². The summed E-state index contributed by atoms with van der Waals surface area (Å²) in [7, 11) is 3.03. The zero-order valence-corrected chi connectivity index (χ0v) is 23.2. The van der Waals surface area contributed by atoms with Gasteiger partial charge in [0.15, 0.2) is 16.7 Å². The van der Waals surface area contributed by atoms with Crippen LogP contribution >= 0.6 is 11.8 Å². The van der Waals surface area contributed by atoms with E-state index in [-0.39, 0.29) is 5.91 Å². The highest BCUT2D eigenvalue weighted by Gasteiger charge is 2.30. The molecule has 1 fully saturated rings. The molecule has 4 aromatic carbocycles. The normalized spacial score (nSPS) is 15.2. The van der Waals surface area contributed by atoms with Gasteiger partial charge in [-0.2, -0.15) is 0 Å². The Morgan fingerprint density at radius 3 is 2.50 bits per heavy atom. The quantitative estimate of drug-likeness (QED) is 0.176. The summed E-state index contributed by atoms with van der Waals surface area (Å²) in [4.78, 5) is 31.3. The van der Waals surface area contributed by atoms with E-state index in [1.807, 2.05) is 49.4 Å². The van der Waals surface area contributed by atoms with Crippen LogP contribution in [0.3, 0.4) is 0 Å². The van der Waals surface area contributed by atoms with Crippen molar-refractivity contribution in [1.82, 2.24) is 4.90 Å². The van der Waals surface area contributed by atoms with Crippen molar-refractivity contribution >= 4 is 51.3 Å². The number of hydrogen-bond acceptors (Lipinski definition) is 7. The summed E-state index contributed by atoms with van der Waals surface area (Å²) in [6.45, 7) is 2.81. The van der Waals surface area contributed by atoms with Crippen LogP contribution in [-0.2, 0) is 16.1 Å². The van der Waals surface area contributed by atoms with E-state index < -0.39 is 5.97 Å². The number of nitrogens with zero attached hydrogens (tertiary/aromatic N) is 2. The summed E-state index contributed by atoms with van der Waals surface area (Å²) in [6.07, 6.45) is 1.82. The Hall–Kier alpha value is -4.56. The number of esters is 1. The highest BCUT2D eigenvalue weighted by Crippen LogP contribution is 2.36. The molecule has 0 aromatic heterocycles. The van der Waals surface area contributed by atoms with Crippen molar-refractivity contribution in [2.24, 2.45) is 4.99 Å². The van der Waals surface area contributed by atoms with Crippen molar-refractivity contribution in [3.8, 4) is 11.5 Å². The van der Waals surface area contributed by atoms with Gasteiger partial charge < -0.3 is 14.2 Å². The van der Waals surface area contributed by atoms with Crippen LogP contribution in [0.5, 0.6) is 11.5 Å². The van der Waals surface area contributed by atoms with Crippen LogP contribution in [0.1, 0.15) is 28.4 Å². The summed E-state index contributed by atoms with van der Waals surface area (Å²) in [6, 6.07) is 26.8. The molecule has 40 heavy (non-hydrogen) atoms.